The number of hydrogen-bond donors (Lipinski definition) is 0. The summed E-state index contributed by atoms with van der Waals surface area (Å²) in [6.45, 7) is 7.71. The van der Waals surface area contributed by atoms with Crippen LogP contribution in [0, 0.1) is 39.9 Å². The number of carbonyl (C=O) groups excluding carboxylic acids is 1. The molecular weight excluding hydrogens is 524 g/mol. The highest BCUT2D eigenvalue weighted by Gasteiger charge is 2.36. The minimum Gasteiger partial charge on any atom is -0.366 e. The molecule has 9 nitrogen and oxygen atoms in total. The summed E-state index contributed by atoms with van der Waals surface area (Å²) < 4.78 is 0. The van der Waals surface area contributed by atoms with Gasteiger partial charge in [0.05, 0.1) is 36.1 Å². The molecule has 6 rings (SSSR count). The van der Waals surface area contributed by atoms with Crippen LogP contribution in [0.15, 0.2) is 55.1 Å². The van der Waals surface area contributed by atoms with Crippen molar-refractivity contribution in [3.05, 3.63) is 71.8 Å². The lowest BCUT2D eigenvalue weighted by atomic mass is 9.93. The van der Waals surface area contributed by atoms with E-state index in [2.05, 4.69) is 75.9 Å². The van der Waals surface area contributed by atoms with Gasteiger partial charge in [-0.3, -0.25) is 4.79 Å². The Hall–Kier alpha value is -5.07. The van der Waals surface area contributed by atoms with Crippen molar-refractivity contribution in [3.63, 3.8) is 0 Å². The Bertz CT molecular complexity index is 1670. The van der Waals surface area contributed by atoms with E-state index in [0.29, 0.717) is 57.1 Å². The van der Waals surface area contributed by atoms with Crippen LogP contribution in [0.4, 0.5) is 17.3 Å². The molecule has 4 heterocycles. The van der Waals surface area contributed by atoms with Crippen LogP contribution in [0.5, 0.6) is 0 Å². The third kappa shape index (κ3) is 4.76. The number of benzene rings is 2. The zero-order valence-corrected chi connectivity index (χ0v) is 23.5. The molecule has 0 bridgehead atoms. The molecule has 3 aliphatic heterocycles. The molecule has 0 aliphatic carbocycles. The van der Waals surface area contributed by atoms with Crippen molar-refractivity contribution in [2.75, 3.05) is 54.0 Å². The maximum Gasteiger partial charge on any atom is 0.246 e. The van der Waals surface area contributed by atoms with Crippen molar-refractivity contribution in [1.82, 2.24) is 9.88 Å². The topological polar surface area (TPSA) is 114 Å². The first-order valence-corrected chi connectivity index (χ1v) is 14.4. The summed E-state index contributed by atoms with van der Waals surface area (Å²) in [5.74, 6) is 1.19. The van der Waals surface area contributed by atoms with Crippen molar-refractivity contribution in [3.8, 4) is 18.2 Å². The van der Waals surface area contributed by atoms with E-state index < -0.39 is 0 Å². The summed E-state index contributed by atoms with van der Waals surface area (Å²) in [6, 6.07) is 21.5. The molecule has 3 aliphatic rings. The Balaban J connectivity index is 1.44. The van der Waals surface area contributed by atoms with Crippen LogP contribution in [0.1, 0.15) is 29.5 Å². The number of nitrogens with zero attached hydrogens (tertiary/aromatic N) is 8. The summed E-state index contributed by atoms with van der Waals surface area (Å²) in [6.07, 6.45) is 2.97. The molecule has 2 saturated heterocycles. The van der Waals surface area contributed by atoms with Gasteiger partial charge in [-0.15, -0.1) is 0 Å². The number of pyridine rings is 1. The number of nitriles is 3. The minimum absolute atomic E-state index is 0.0986. The van der Waals surface area contributed by atoms with Crippen LogP contribution in [0.2, 0.25) is 0 Å². The lowest BCUT2D eigenvalue weighted by Crippen LogP contribution is -2.55. The Labute approximate surface area is 246 Å². The average molecular weight is 557 g/mol. The van der Waals surface area contributed by atoms with Crippen LogP contribution >= 0.6 is 0 Å². The van der Waals surface area contributed by atoms with Crippen molar-refractivity contribution in [2.45, 2.75) is 31.8 Å². The van der Waals surface area contributed by atoms with Crippen molar-refractivity contribution >= 4 is 34.0 Å². The first kappa shape index (κ1) is 27.1. The Morgan fingerprint density at radius 3 is 2.52 bits per heavy atom. The lowest BCUT2D eigenvalue weighted by Gasteiger charge is -2.43. The average Bonchev–Trinajstić information content (AvgIpc) is 3.52. The molecule has 2 fully saturated rings. The van der Waals surface area contributed by atoms with Gasteiger partial charge in [0.15, 0.2) is 0 Å². The van der Waals surface area contributed by atoms with Crippen molar-refractivity contribution < 1.29 is 4.79 Å². The predicted molar refractivity (Wildman–Crippen MR) is 162 cm³/mol. The van der Waals surface area contributed by atoms with Gasteiger partial charge in [-0.25, -0.2) is 4.98 Å². The van der Waals surface area contributed by atoms with Crippen LogP contribution in [0.25, 0.3) is 10.8 Å². The highest BCUT2D eigenvalue weighted by molar-refractivity contribution is 5.94. The van der Waals surface area contributed by atoms with Gasteiger partial charge in [-0.1, -0.05) is 43.0 Å². The fourth-order valence-corrected chi connectivity index (χ4v) is 6.69. The van der Waals surface area contributed by atoms with E-state index in [9.17, 15) is 20.6 Å². The molecule has 0 spiro atoms. The molecule has 0 unspecified atom stereocenters. The van der Waals surface area contributed by atoms with Gasteiger partial charge < -0.3 is 19.6 Å². The van der Waals surface area contributed by atoms with Crippen LogP contribution in [0.3, 0.4) is 0 Å². The second-order valence-electron chi connectivity index (χ2n) is 11.1. The van der Waals surface area contributed by atoms with E-state index in [0.717, 1.165) is 35.6 Å². The number of carbonyl (C=O) groups is 1. The summed E-state index contributed by atoms with van der Waals surface area (Å²) in [5.41, 5.74) is 3.74. The molecular formula is C33H32N8O. The fraction of sp³-hybridized carbons (Fsp3) is 0.364. The van der Waals surface area contributed by atoms with Gasteiger partial charge in [-0.05, 0) is 35.9 Å². The summed E-state index contributed by atoms with van der Waals surface area (Å²) in [5, 5.41) is 32.0. The first-order valence-electron chi connectivity index (χ1n) is 14.4. The third-order valence-electron chi connectivity index (χ3n) is 8.81. The van der Waals surface area contributed by atoms with Gasteiger partial charge in [-0.2, -0.15) is 15.8 Å². The molecule has 0 radical (unpaired) electrons. The molecule has 0 saturated carbocycles. The number of aromatic nitrogens is 1. The molecule has 3 aromatic rings. The highest BCUT2D eigenvalue weighted by Crippen LogP contribution is 2.39. The standard InChI is InChI=1S/C33H32N8O/c1-2-31(42)41-17-16-40(21-25(41)10-13-34)32-27-12-15-38(30-9-5-7-24-6-3-4-8-26(24)30)22-29(27)28(19-36)33(37-32)39-14-11-23(18-35)20-39/h2-9,23,25H,1,10-12,14-17,20-22H2/t23-,25-/m1/s1. The van der Waals surface area contributed by atoms with Crippen molar-refractivity contribution in [1.29, 1.82) is 15.8 Å². The number of piperazine rings is 1. The molecule has 1 amide bonds. The predicted octanol–water partition coefficient (Wildman–Crippen LogP) is 4.14. The van der Waals surface area contributed by atoms with E-state index in [1.165, 1.54) is 16.8 Å². The largest absolute Gasteiger partial charge is 0.366 e. The van der Waals surface area contributed by atoms with Crippen LogP contribution < -0.4 is 14.7 Å². The molecule has 2 aromatic carbocycles. The third-order valence-corrected chi connectivity index (χ3v) is 8.81. The lowest BCUT2D eigenvalue weighted by molar-refractivity contribution is -0.128. The zero-order valence-electron chi connectivity index (χ0n) is 23.5. The number of rotatable bonds is 5. The normalized spacial score (nSPS) is 20.0. The molecule has 210 valence electrons. The summed E-state index contributed by atoms with van der Waals surface area (Å²) in [7, 11) is 0. The van der Waals surface area contributed by atoms with E-state index in [1.807, 2.05) is 6.07 Å². The quantitative estimate of drug-likeness (QED) is 0.431. The number of amides is 1. The molecule has 2 atom stereocenters. The maximum absolute atomic E-state index is 12.6. The smallest absolute Gasteiger partial charge is 0.246 e. The Kier molecular flexibility index (Phi) is 7.38. The van der Waals surface area contributed by atoms with Crippen molar-refractivity contribution in [2.24, 2.45) is 5.92 Å². The Morgan fingerprint density at radius 2 is 1.76 bits per heavy atom. The van der Waals surface area contributed by atoms with Gasteiger partial charge in [0, 0.05) is 62.5 Å². The van der Waals surface area contributed by atoms with Gasteiger partial charge in [0.25, 0.3) is 0 Å². The summed E-state index contributed by atoms with van der Waals surface area (Å²) in [4.78, 5) is 26.0. The molecule has 9 heteroatoms. The second kappa shape index (κ2) is 11.4. The minimum atomic E-state index is -0.281. The molecule has 0 N–H and O–H groups in total. The monoisotopic (exact) mass is 556 g/mol. The number of hydrogen-bond acceptors (Lipinski definition) is 8. The first-order chi connectivity index (χ1) is 20.6. The highest BCUT2D eigenvalue weighted by atomic mass is 16.2. The van der Waals surface area contributed by atoms with Gasteiger partial charge in [0.1, 0.15) is 17.7 Å². The number of anilines is 3. The van der Waals surface area contributed by atoms with Gasteiger partial charge in [0.2, 0.25) is 5.91 Å². The molecule has 1 aromatic heterocycles. The molecule has 42 heavy (non-hydrogen) atoms. The SMILES string of the molecule is C=CC(=O)N1CCN(c2nc(N3CC[C@H](C#N)C3)c(C#N)c3c2CCN(c2cccc4ccccc24)C3)C[C@H]1CC#N. The zero-order chi connectivity index (χ0) is 29.2. The van der Waals surface area contributed by atoms with Crippen LogP contribution in [-0.2, 0) is 17.8 Å². The van der Waals surface area contributed by atoms with Gasteiger partial charge >= 0.3 is 0 Å². The van der Waals surface area contributed by atoms with E-state index in [1.54, 1.807) is 4.90 Å². The maximum atomic E-state index is 12.6. The van der Waals surface area contributed by atoms with E-state index in [-0.39, 0.29) is 24.3 Å². The summed E-state index contributed by atoms with van der Waals surface area (Å²) >= 11 is 0. The Morgan fingerprint density at radius 1 is 0.952 bits per heavy atom. The second-order valence-corrected chi connectivity index (χ2v) is 11.1. The fourth-order valence-electron chi connectivity index (χ4n) is 6.69. The van der Waals surface area contributed by atoms with E-state index in [4.69, 9.17) is 4.98 Å². The number of fused-ring (bicyclic) bond motifs is 2. The van der Waals surface area contributed by atoms with Crippen LogP contribution in [-0.4, -0.2) is 61.1 Å². The van der Waals surface area contributed by atoms with E-state index >= 15 is 0 Å².